The van der Waals surface area contributed by atoms with Crippen molar-refractivity contribution in [3.05, 3.63) is 0 Å². The van der Waals surface area contributed by atoms with E-state index in [-0.39, 0.29) is 5.78 Å². The molecule has 3 heteroatoms. The van der Waals surface area contributed by atoms with Gasteiger partial charge in [-0.15, -0.1) is 0 Å². The van der Waals surface area contributed by atoms with Crippen molar-refractivity contribution in [3.63, 3.8) is 0 Å². The van der Waals surface area contributed by atoms with Gasteiger partial charge in [0.15, 0.2) is 5.78 Å². The number of carbonyl (C=O) groups is 1. The molecule has 0 amide bonds. The summed E-state index contributed by atoms with van der Waals surface area (Å²) in [6.45, 7) is 3.39. The number of hydrogen-bond acceptors (Lipinski definition) is 3. The van der Waals surface area contributed by atoms with Crippen molar-refractivity contribution >= 4 is 5.78 Å². The lowest BCUT2D eigenvalue weighted by Gasteiger charge is -1.91. The molecule has 0 spiro atoms. The minimum absolute atomic E-state index is 0.00231. The van der Waals surface area contributed by atoms with Crippen molar-refractivity contribution in [2.45, 2.75) is 26.1 Å². The molecule has 1 aliphatic heterocycles. The molecule has 46 valence electrons. The molecule has 0 aromatic carbocycles. The molecule has 0 aromatic heterocycles. The Morgan fingerprint density at radius 3 is 2.25 bits per heavy atom. The van der Waals surface area contributed by atoms with Crippen molar-refractivity contribution in [3.8, 4) is 0 Å². The quantitative estimate of drug-likeness (QED) is 0.393. The van der Waals surface area contributed by atoms with Crippen LogP contribution in [0.1, 0.15) is 20.3 Å². The average Bonchev–Trinajstić information content (AvgIpc) is 2.47. The van der Waals surface area contributed by atoms with Gasteiger partial charge in [-0.2, -0.15) is 9.78 Å². The van der Waals surface area contributed by atoms with Gasteiger partial charge in [-0.25, -0.2) is 0 Å². The number of rotatable bonds is 2. The van der Waals surface area contributed by atoms with E-state index in [2.05, 4.69) is 9.78 Å². The van der Waals surface area contributed by atoms with E-state index < -0.39 is 5.79 Å². The van der Waals surface area contributed by atoms with Gasteiger partial charge in [0.25, 0.3) is 5.79 Å². The predicted octanol–water partition coefficient (Wildman–Crippen LogP) is 0.643. The van der Waals surface area contributed by atoms with Crippen LogP contribution in [0.5, 0.6) is 0 Å². The normalized spacial score (nSPS) is 22.8. The average molecular weight is 116 g/mol. The molecule has 3 nitrogen and oxygen atoms in total. The van der Waals surface area contributed by atoms with Crippen LogP contribution >= 0.6 is 0 Å². The van der Waals surface area contributed by atoms with Crippen molar-refractivity contribution in [2.75, 3.05) is 0 Å². The van der Waals surface area contributed by atoms with E-state index in [9.17, 15) is 4.79 Å². The van der Waals surface area contributed by atoms with Gasteiger partial charge in [0.2, 0.25) is 0 Å². The summed E-state index contributed by atoms with van der Waals surface area (Å²) in [4.78, 5) is 19.4. The Bertz CT molecular complexity index is 115. The first-order valence-corrected chi connectivity index (χ1v) is 2.59. The maximum atomic E-state index is 10.6. The number of hydrogen-bond donors (Lipinski definition) is 0. The Hall–Kier alpha value is -0.410. The molecule has 0 N–H and O–H groups in total. The lowest BCUT2D eigenvalue weighted by molar-refractivity contribution is -0.123. The third-order valence-electron chi connectivity index (χ3n) is 1.16. The second kappa shape index (κ2) is 1.53. The van der Waals surface area contributed by atoms with Crippen molar-refractivity contribution < 1.29 is 14.6 Å². The Morgan fingerprint density at radius 2 is 2.12 bits per heavy atom. The van der Waals surface area contributed by atoms with Gasteiger partial charge in [-0.1, -0.05) is 6.92 Å². The Labute approximate surface area is 47.5 Å². The van der Waals surface area contributed by atoms with Crippen LogP contribution in [0.25, 0.3) is 0 Å². The second-order valence-electron chi connectivity index (χ2n) is 1.89. The van der Waals surface area contributed by atoms with E-state index in [1.165, 1.54) is 0 Å². The first-order chi connectivity index (χ1) is 3.69. The highest BCUT2D eigenvalue weighted by Gasteiger charge is 2.49. The molecular formula is C5H8O3. The molecular weight excluding hydrogens is 108 g/mol. The standard InChI is InChI=1S/C5H8O3/c1-3-4(6)5(2)7-8-5/h3H2,1-2H3. The Morgan fingerprint density at radius 1 is 1.62 bits per heavy atom. The molecule has 1 rings (SSSR count). The highest BCUT2D eigenvalue weighted by atomic mass is 17.4. The van der Waals surface area contributed by atoms with Crippen LogP contribution in [0.15, 0.2) is 0 Å². The number of ketones is 1. The first kappa shape index (κ1) is 5.72. The summed E-state index contributed by atoms with van der Waals surface area (Å²) in [6, 6.07) is 0. The topological polar surface area (TPSA) is 42.1 Å². The number of carbonyl (C=O) groups excluding carboxylic acids is 1. The summed E-state index contributed by atoms with van der Waals surface area (Å²) >= 11 is 0. The molecule has 1 fully saturated rings. The molecule has 1 aliphatic rings. The van der Waals surface area contributed by atoms with E-state index in [0.717, 1.165) is 0 Å². The lowest BCUT2D eigenvalue weighted by Crippen LogP contribution is -2.17. The van der Waals surface area contributed by atoms with Crippen LogP contribution in [-0.2, 0) is 14.6 Å². The molecule has 0 aliphatic carbocycles. The van der Waals surface area contributed by atoms with Crippen LogP contribution in [0, 0.1) is 0 Å². The molecule has 0 saturated carbocycles. The summed E-state index contributed by atoms with van der Waals surface area (Å²) in [5.74, 6) is -0.883. The van der Waals surface area contributed by atoms with Gasteiger partial charge >= 0.3 is 0 Å². The van der Waals surface area contributed by atoms with Gasteiger partial charge in [0, 0.05) is 13.3 Å². The lowest BCUT2D eigenvalue weighted by atomic mass is 10.2. The Balaban J connectivity index is 2.46. The van der Waals surface area contributed by atoms with Gasteiger partial charge in [-0.3, -0.25) is 4.79 Å². The van der Waals surface area contributed by atoms with Crippen LogP contribution in [-0.4, -0.2) is 11.6 Å². The summed E-state index contributed by atoms with van der Waals surface area (Å²) < 4.78 is 0. The number of Topliss-reactive ketones (excluding diaryl/α,β-unsaturated/α-hetero) is 1. The van der Waals surface area contributed by atoms with Crippen LogP contribution in [0.3, 0.4) is 0 Å². The molecule has 0 atom stereocenters. The summed E-state index contributed by atoms with van der Waals surface area (Å²) in [5.41, 5.74) is 0. The first-order valence-electron chi connectivity index (χ1n) is 2.59. The van der Waals surface area contributed by atoms with Crippen molar-refractivity contribution in [1.82, 2.24) is 0 Å². The largest absolute Gasteiger partial charge is 0.293 e. The zero-order valence-electron chi connectivity index (χ0n) is 4.93. The SMILES string of the molecule is CCC(=O)C1(C)OO1. The molecule has 1 saturated heterocycles. The minimum Gasteiger partial charge on any atom is -0.293 e. The molecule has 0 aromatic rings. The smallest absolute Gasteiger partial charge is 0.288 e. The highest BCUT2D eigenvalue weighted by molar-refractivity contribution is 5.86. The molecule has 8 heavy (non-hydrogen) atoms. The summed E-state index contributed by atoms with van der Waals surface area (Å²) in [6.07, 6.45) is 0.469. The Kier molecular flexibility index (Phi) is 1.10. The third-order valence-corrected chi connectivity index (χ3v) is 1.16. The van der Waals surface area contributed by atoms with Crippen molar-refractivity contribution in [2.24, 2.45) is 0 Å². The third kappa shape index (κ3) is 0.743. The second-order valence-corrected chi connectivity index (χ2v) is 1.89. The van der Waals surface area contributed by atoms with Gasteiger partial charge in [0.1, 0.15) is 0 Å². The van der Waals surface area contributed by atoms with Crippen LogP contribution in [0.2, 0.25) is 0 Å². The molecule has 1 heterocycles. The zero-order chi connectivity index (χ0) is 6.20. The van der Waals surface area contributed by atoms with Crippen molar-refractivity contribution in [1.29, 1.82) is 0 Å². The van der Waals surface area contributed by atoms with Gasteiger partial charge in [0.05, 0.1) is 0 Å². The minimum atomic E-state index is -0.880. The van der Waals surface area contributed by atoms with E-state index in [0.29, 0.717) is 6.42 Å². The maximum Gasteiger partial charge on any atom is 0.288 e. The zero-order valence-corrected chi connectivity index (χ0v) is 4.93. The highest BCUT2D eigenvalue weighted by Crippen LogP contribution is 2.30. The fraction of sp³-hybridized carbons (Fsp3) is 0.800. The summed E-state index contributed by atoms with van der Waals surface area (Å²) in [7, 11) is 0. The van der Waals surface area contributed by atoms with Gasteiger partial charge < -0.3 is 0 Å². The molecule has 0 unspecified atom stereocenters. The fourth-order valence-corrected chi connectivity index (χ4v) is 0.477. The van der Waals surface area contributed by atoms with E-state index in [1.54, 1.807) is 13.8 Å². The van der Waals surface area contributed by atoms with Crippen LogP contribution in [0.4, 0.5) is 0 Å². The fourth-order valence-electron chi connectivity index (χ4n) is 0.477. The van der Waals surface area contributed by atoms with E-state index >= 15 is 0 Å². The van der Waals surface area contributed by atoms with E-state index in [1.807, 2.05) is 0 Å². The van der Waals surface area contributed by atoms with Gasteiger partial charge in [-0.05, 0) is 0 Å². The molecule has 0 radical (unpaired) electrons. The monoisotopic (exact) mass is 116 g/mol. The maximum absolute atomic E-state index is 10.6. The van der Waals surface area contributed by atoms with Crippen LogP contribution < -0.4 is 0 Å². The summed E-state index contributed by atoms with van der Waals surface area (Å²) in [5, 5.41) is 0. The van der Waals surface area contributed by atoms with E-state index in [4.69, 9.17) is 0 Å². The molecule has 0 bridgehead atoms. The predicted molar refractivity (Wildman–Crippen MR) is 25.9 cm³/mol.